The second-order valence-electron chi connectivity index (χ2n) is 4.94. The predicted molar refractivity (Wildman–Crippen MR) is 82.1 cm³/mol. The molecule has 0 atom stereocenters. The van der Waals surface area contributed by atoms with Gasteiger partial charge in [-0.15, -0.1) is 0 Å². The van der Waals surface area contributed by atoms with Gasteiger partial charge in [0.25, 0.3) is 0 Å². The van der Waals surface area contributed by atoms with Crippen molar-refractivity contribution in [3.05, 3.63) is 11.8 Å². The van der Waals surface area contributed by atoms with E-state index >= 15 is 0 Å². The van der Waals surface area contributed by atoms with E-state index in [1.54, 1.807) is 6.08 Å². The van der Waals surface area contributed by atoms with E-state index in [9.17, 15) is 4.79 Å². The number of aliphatic carboxylic acids is 1. The first-order valence-electron chi connectivity index (χ1n) is 7.37. The summed E-state index contributed by atoms with van der Waals surface area (Å²) in [6.45, 7) is 2.24. The number of rotatable bonds is 12. The minimum Gasteiger partial charge on any atom is -0.477 e. The molecule has 0 aromatic rings. The van der Waals surface area contributed by atoms with Crippen molar-refractivity contribution in [2.24, 2.45) is 5.73 Å². The zero-order chi connectivity index (χ0) is 13.6. The molecule has 19 heavy (non-hydrogen) atoms. The molecule has 0 rings (SSSR count). The van der Waals surface area contributed by atoms with Gasteiger partial charge in [0.05, 0.1) is 0 Å². The van der Waals surface area contributed by atoms with E-state index in [1.165, 1.54) is 57.8 Å². The summed E-state index contributed by atoms with van der Waals surface area (Å²) in [6.07, 6.45) is 15.4. The molecule has 0 saturated heterocycles. The Bertz CT molecular complexity index is 242. The molecule has 0 saturated carbocycles. The van der Waals surface area contributed by atoms with Gasteiger partial charge in [0.1, 0.15) is 5.70 Å². The summed E-state index contributed by atoms with van der Waals surface area (Å²) in [4.78, 5) is 10.4. The molecule has 1 radical (unpaired) electrons. The van der Waals surface area contributed by atoms with Crippen LogP contribution in [-0.4, -0.2) is 40.6 Å². The maximum absolute atomic E-state index is 10.4. The fourth-order valence-electron chi connectivity index (χ4n) is 1.98. The Hall–Kier alpha value is 0.0100. The van der Waals surface area contributed by atoms with Gasteiger partial charge in [-0.2, -0.15) is 0 Å². The molecule has 0 fully saturated rings. The van der Waals surface area contributed by atoms with Gasteiger partial charge in [-0.3, -0.25) is 0 Å². The van der Waals surface area contributed by atoms with Gasteiger partial charge >= 0.3 is 5.97 Å². The quantitative estimate of drug-likeness (QED) is 0.324. The van der Waals surface area contributed by atoms with Gasteiger partial charge < -0.3 is 10.8 Å². The van der Waals surface area contributed by atoms with Crippen molar-refractivity contribution >= 4 is 35.5 Å². The number of carbonyl (C=O) groups is 1. The SMILES string of the molecule is CCCCCCCCCCCCC=C(N)C(=O)O.[Na]. The van der Waals surface area contributed by atoms with E-state index < -0.39 is 5.97 Å². The third kappa shape index (κ3) is 16.0. The molecule has 0 spiro atoms. The van der Waals surface area contributed by atoms with E-state index in [0.29, 0.717) is 0 Å². The number of hydrogen-bond acceptors (Lipinski definition) is 2. The molecule has 0 aromatic heterocycles. The second-order valence-corrected chi connectivity index (χ2v) is 4.94. The molecule has 0 amide bonds. The normalized spacial score (nSPS) is 11.1. The van der Waals surface area contributed by atoms with Crippen LogP contribution in [0.1, 0.15) is 77.6 Å². The summed E-state index contributed by atoms with van der Waals surface area (Å²) in [5, 5.41) is 8.55. The maximum atomic E-state index is 10.4. The summed E-state index contributed by atoms with van der Waals surface area (Å²) < 4.78 is 0. The zero-order valence-electron chi connectivity index (χ0n) is 12.8. The van der Waals surface area contributed by atoms with E-state index in [2.05, 4.69) is 6.92 Å². The second kappa shape index (κ2) is 16.1. The first-order valence-corrected chi connectivity index (χ1v) is 7.37. The van der Waals surface area contributed by atoms with Gasteiger partial charge in [-0.25, -0.2) is 4.79 Å². The standard InChI is InChI=1S/C15H29NO2.Na/c1-2-3-4-5-6-7-8-9-10-11-12-13-14(16)15(17)18;/h13H,2-12,16H2,1H3,(H,17,18);. The Morgan fingerprint density at radius 1 is 0.947 bits per heavy atom. The van der Waals surface area contributed by atoms with Crippen molar-refractivity contribution < 1.29 is 9.90 Å². The van der Waals surface area contributed by atoms with Crippen LogP contribution in [0.5, 0.6) is 0 Å². The van der Waals surface area contributed by atoms with Gasteiger partial charge in [-0.1, -0.05) is 70.8 Å². The molecule has 0 heterocycles. The molecular weight excluding hydrogens is 249 g/mol. The van der Waals surface area contributed by atoms with Crippen LogP contribution in [0.25, 0.3) is 0 Å². The summed E-state index contributed by atoms with van der Waals surface area (Å²) in [6, 6.07) is 0. The number of carboxylic acids is 1. The van der Waals surface area contributed by atoms with E-state index in [0.717, 1.165) is 12.8 Å². The molecule has 107 valence electrons. The Labute approximate surface area is 140 Å². The first kappa shape index (κ1) is 21.3. The Morgan fingerprint density at radius 2 is 1.37 bits per heavy atom. The summed E-state index contributed by atoms with van der Waals surface area (Å²) in [5.41, 5.74) is 5.28. The predicted octanol–water partition coefficient (Wildman–Crippen LogP) is 3.84. The average molecular weight is 278 g/mol. The summed E-state index contributed by atoms with van der Waals surface area (Å²) in [5.74, 6) is -1.01. The smallest absolute Gasteiger partial charge is 0.351 e. The van der Waals surface area contributed by atoms with Gasteiger partial charge in [0, 0.05) is 29.6 Å². The number of nitrogens with two attached hydrogens (primary N) is 1. The molecule has 3 N–H and O–H groups in total. The topological polar surface area (TPSA) is 63.3 Å². The Balaban J connectivity index is 0. The van der Waals surface area contributed by atoms with E-state index in [-0.39, 0.29) is 35.3 Å². The molecule has 3 nitrogen and oxygen atoms in total. The molecule has 0 aliphatic heterocycles. The van der Waals surface area contributed by atoms with Crippen LogP contribution in [0.4, 0.5) is 0 Å². The molecule has 0 unspecified atom stereocenters. The molecule has 0 aromatic carbocycles. The van der Waals surface area contributed by atoms with Crippen LogP contribution in [-0.2, 0) is 4.79 Å². The van der Waals surface area contributed by atoms with Gasteiger partial charge in [0.2, 0.25) is 0 Å². The van der Waals surface area contributed by atoms with Crippen molar-refractivity contribution in [1.29, 1.82) is 0 Å². The third-order valence-corrected chi connectivity index (χ3v) is 3.17. The minimum atomic E-state index is -1.01. The monoisotopic (exact) mass is 278 g/mol. The molecule has 0 aliphatic carbocycles. The Kier molecular flexibility index (Phi) is 18.0. The van der Waals surface area contributed by atoms with Crippen molar-refractivity contribution in [1.82, 2.24) is 0 Å². The minimum absolute atomic E-state index is 0. The van der Waals surface area contributed by atoms with Crippen LogP contribution >= 0.6 is 0 Å². The van der Waals surface area contributed by atoms with Crippen molar-refractivity contribution in [2.75, 3.05) is 0 Å². The molecule has 0 aliphatic rings. The third-order valence-electron chi connectivity index (χ3n) is 3.17. The van der Waals surface area contributed by atoms with Crippen LogP contribution in [0, 0.1) is 0 Å². The van der Waals surface area contributed by atoms with Gasteiger partial charge in [-0.05, 0) is 12.8 Å². The number of allylic oxidation sites excluding steroid dienone is 1. The number of carboxylic acid groups (broad SMARTS) is 1. The molecule has 0 bridgehead atoms. The largest absolute Gasteiger partial charge is 0.477 e. The fourth-order valence-corrected chi connectivity index (χ4v) is 1.98. The van der Waals surface area contributed by atoms with Gasteiger partial charge in [0.15, 0.2) is 0 Å². The van der Waals surface area contributed by atoms with Crippen LogP contribution in [0.15, 0.2) is 11.8 Å². The number of hydrogen-bond donors (Lipinski definition) is 2. The van der Waals surface area contributed by atoms with Crippen molar-refractivity contribution in [2.45, 2.75) is 77.6 Å². The van der Waals surface area contributed by atoms with Crippen molar-refractivity contribution in [3.63, 3.8) is 0 Å². The van der Waals surface area contributed by atoms with E-state index in [1.807, 2.05) is 0 Å². The van der Waals surface area contributed by atoms with Crippen LogP contribution in [0.3, 0.4) is 0 Å². The maximum Gasteiger partial charge on any atom is 0.351 e. The van der Waals surface area contributed by atoms with Crippen molar-refractivity contribution in [3.8, 4) is 0 Å². The summed E-state index contributed by atoms with van der Waals surface area (Å²) >= 11 is 0. The van der Waals surface area contributed by atoms with Crippen LogP contribution in [0.2, 0.25) is 0 Å². The summed E-state index contributed by atoms with van der Waals surface area (Å²) in [7, 11) is 0. The first-order chi connectivity index (χ1) is 8.68. The molecular formula is C15H29NNaO2. The fraction of sp³-hybridized carbons (Fsp3) is 0.800. The average Bonchev–Trinajstić information content (AvgIpc) is 2.35. The van der Waals surface area contributed by atoms with Crippen LogP contribution < -0.4 is 5.73 Å². The number of unbranched alkanes of at least 4 members (excludes halogenated alkanes) is 10. The molecule has 4 heteroatoms. The zero-order valence-corrected chi connectivity index (χ0v) is 14.8. The van der Waals surface area contributed by atoms with E-state index in [4.69, 9.17) is 10.8 Å². The Morgan fingerprint density at radius 3 is 1.79 bits per heavy atom.